The molecule has 3 rings (SSSR count). The molecule has 1 saturated heterocycles. The van der Waals surface area contributed by atoms with Crippen LogP contribution in [-0.2, 0) is 4.79 Å². The van der Waals surface area contributed by atoms with Gasteiger partial charge in [-0.05, 0) is 20.3 Å². The maximum absolute atomic E-state index is 12.2. The van der Waals surface area contributed by atoms with Crippen molar-refractivity contribution in [2.75, 3.05) is 18.4 Å². The van der Waals surface area contributed by atoms with E-state index >= 15 is 0 Å². The first-order valence-corrected chi connectivity index (χ1v) is 7.74. The molecule has 0 saturated carbocycles. The second-order valence-electron chi connectivity index (χ2n) is 5.25. The lowest BCUT2D eigenvalue weighted by Gasteiger charge is -2.08. The van der Waals surface area contributed by atoms with Gasteiger partial charge in [-0.1, -0.05) is 16.5 Å². The number of hydrogen-bond acceptors (Lipinski definition) is 7. The molecule has 114 valence electrons. The number of rotatable bonds is 3. The van der Waals surface area contributed by atoms with Gasteiger partial charge in [0.2, 0.25) is 5.91 Å². The van der Waals surface area contributed by atoms with Crippen molar-refractivity contribution < 1.29 is 9.32 Å². The minimum Gasteiger partial charge on any atom is -0.361 e. The number of nitrogens with one attached hydrogen (secondary N) is 1. The summed E-state index contributed by atoms with van der Waals surface area (Å²) in [5, 5.41) is 16.1. The van der Waals surface area contributed by atoms with E-state index in [2.05, 4.69) is 21.7 Å². The number of carbonyl (C=O) groups is 1. The molecule has 3 heterocycles. The number of carbonyl (C=O) groups excluding carboxylic acids is 1. The Hall–Kier alpha value is -2.40. The molecular weight excluding hydrogens is 302 g/mol. The second kappa shape index (κ2) is 5.77. The quantitative estimate of drug-likeness (QED) is 0.872. The van der Waals surface area contributed by atoms with E-state index in [0.717, 1.165) is 21.9 Å². The maximum atomic E-state index is 12.2. The minimum absolute atomic E-state index is 0.0857. The van der Waals surface area contributed by atoms with Crippen LogP contribution < -0.4 is 5.32 Å². The molecule has 0 bridgehead atoms. The Morgan fingerprint density at radius 1 is 1.59 bits per heavy atom. The van der Waals surface area contributed by atoms with Crippen LogP contribution in [0.4, 0.5) is 5.13 Å². The summed E-state index contributed by atoms with van der Waals surface area (Å²) in [6, 6.07) is 0. The van der Waals surface area contributed by atoms with Gasteiger partial charge in [-0.15, -0.1) is 0 Å². The number of nitriles is 1. The summed E-state index contributed by atoms with van der Waals surface area (Å²) in [5.74, 6) is 0.489. The van der Waals surface area contributed by atoms with Gasteiger partial charge in [0.05, 0.1) is 22.1 Å². The molecule has 22 heavy (non-hydrogen) atoms. The maximum Gasteiger partial charge on any atom is 0.231 e. The molecule has 1 N–H and O–H groups in total. The number of thiazole rings is 1. The Balaban J connectivity index is 1.70. The van der Waals surface area contributed by atoms with Gasteiger partial charge in [0.15, 0.2) is 11.3 Å². The predicted octanol–water partition coefficient (Wildman–Crippen LogP) is 2.16. The van der Waals surface area contributed by atoms with Crippen LogP contribution in [0.2, 0.25) is 0 Å². The first-order valence-electron chi connectivity index (χ1n) is 6.93. The summed E-state index contributed by atoms with van der Waals surface area (Å²) in [7, 11) is 0. The minimum atomic E-state index is -0.161. The van der Waals surface area contributed by atoms with Crippen molar-refractivity contribution >= 4 is 22.4 Å². The van der Waals surface area contributed by atoms with Gasteiger partial charge < -0.3 is 14.7 Å². The summed E-state index contributed by atoms with van der Waals surface area (Å²) in [4.78, 5) is 19.0. The van der Waals surface area contributed by atoms with Crippen molar-refractivity contribution in [2.45, 2.75) is 20.3 Å². The largest absolute Gasteiger partial charge is 0.361 e. The lowest BCUT2D eigenvalue weighted by Crippen LogP contribution is -2.25. The van der Waals surface area contributed by atoms with Crippen molar-refractivity contribution in [3.05, 3.63) is 17.7 Å². The molecule has 0 unspecified atom stereocenters. The molecule has 1 aliphatic rings. The van der Waals surface area contributed by atoms with Crippen molar-refractivity contribution in [2.24, 2.45) is 5.92 Å². The summed E-state index contributed by atoms with van der Waals surface area (Å²) >= 11 is 1.39. The number of hydrogen-bond donors (Lipinski definition) is 1. The van der Waals surface area contributed by atoms with Crippen molar-refractivity contribution in [3.63, 3.8) is 0 Å². The Bertz CT molecular complexity index is 725. The van der Waals surface area contributed by atoms with Crippen molar-refractivity contribution in [1.82, 2.24) is 15.0 Å². The Labute approximate surface area is 131 Å². The van der Waals surface area contributed by atoms with Gasteiger partial charge in [-0.3, -0.25) is 4.79 Å². The van der Waals surface area contributed by atoms with Crippen molar-refractivity contribution in [3.8, 4) is 16.6 Å². The van der Waals surface area contributed by atoms with Gasteiger partial charge in [-0.2, -0.15) is 5.26 Å². The molecule has 2 aromatic rings. The highest BCUT2D eigenvalue weighted by Gasteiger charge is 2.28. The fourth-order valence-corrected chi connectivity index (χ4v) is 3.52. The summed E-state index contributed by atoms with van der Waals surface area (Å²) in [5.41, 5.74) is 1.73. The number of anilines is 1. The van der Waals surface area contributed by atoms with E-state index in [0.29, 0.717) is 24.6 Å². The molecule has 1 amide bonds. The molecule has 7 nitrogen and oxygen atoms in total. The molecule has 1 atom stereocenters. The average Bonchev–Trinajstić information content (AvgIpc) is 3.20. The van der Waals surface area contributed by atoms with E-state index in [1.54, 1.807) is 11.1 Å². The molecule has 0 radical (unpaired) electrons. The zero-order chi connectivity index (χ0) is 15.7. The van der Waals surface area contributed by atoms with Crippen LogP contribution in [0.1, 0.15) is 17.9 Å². The molecule has 1 fully saturated rings. The third kappa shape index (κ3) is 2.67. The predicted molar refractivity (Wildman–Crippen MR) is 81.0 cm³/mol. The lowest BCUT2D eigenvalue weighted by molar-refractivity contribution is -0.119. The van der Waals surface area contributed by atoms with Gasteiger partial charge in [-0.25, -0.2) is 4.98 Å². The highest BCUT2D eigenvalue weighted by molar-refractivity contribution is 7.19. The monoisotopic (exact) mass is 317 g/mol. The molecule has 0 aromatic carbocycles. The smallest absolute Gasteiger partial charge is 0.231 e. The van der Waals surface area contributed by atoms with Crippen LogP contribution in [0.5, 0.6) is 0 Å². The van der Waals surface area contributed by atoms with E-state index in [-0.39, 0.29) is 11.8 Å². The van der Waals surface area contributed by atoms with Crippen LogP contribution in [0.3, 0.4) is 0 Å². The summed E-state index contributed by atoms with van der Waals surface area (Å²) < 4.78 is 5.15. The molecular formula is C14H15N5O2S. The number of aryl methyl sites for hydroxylation is 2. The second-order valence-corrected chi connectivity index (χ2v) is 6.28. The first-order chi connectivity index (χ1) is 10.6. The fourth-order valence-electron chi connectivity index (χ4n) is 2.55. The average molecular weight is 317 g/mol. The normalized spacial score (nSPS) is 17.5. The molecule has 2 aromatic heterocycles. The summed E-state index contributed by atoms with van der Waals surface area (Å²) in [6.45, 7) is 4.84. The number of amides is 1. The fraction of sp³-hybridized carbons (Fsp3) is 0.429. The van der Waals surface area contributed by atoms with Gasteiger partial charge >= 0.3 is 0 Å². The van der Waals surface area contributed by atoms with E-state index in [1.807, 2.05) is 13.8 Å². The van der Waals surface area contributed by atoms with E-state index in [9.17, 15) is 4.79 Å². The van der Waals surface area contributed by atoms with E-state index in [4.69, 9.17) is 9.78 Å². The van der Waals surface area contributed by atoms with Crippen LogP contribution in [-0.4, -0.2) is 34.0 Å². The zero-order valence-electron chi connectivity index (χ0n) is 12.3. The van der Waals surface area contributed by atoms with Crippen molar-refractivity contribution in [1.29, 1.82) is 5.26 Å². The molecule has 8 heteroatoms. The standard InChI is InChI=1S/C14H15N5O2S/c1-8-12(9(2)21-18-8)11-5-16-14(22-11)17-13(20)10-3-4-19(6-10)7-15/h5,10H,3-4,6H2,1-2H3,(H,16,17,20)/t10-/m0/s1. The zero-order valence-corrected chi connectivity index (χ0v) is 13.1. The van der Waals surface area contributed by atoms with E-state index in [1.165, 1.54) is 11.3 Å². The number of aromatic nitrogens is 2. The van der Waals surface area contributed by atoms with E-state index < -0.39 is 0 Å². The van der Waals surface area contributed by atoms with Crippen LogP contribution in [0.25, 0.3) is 10.4 Å². The van der Waals surface area contributed by atoms with Crippen LogP contribution >= 0.6 is 11.3 Å². The SMILES string of the molecule is Cc1noc(C)c1-c1cnc(NC(=O)[C@H]2CCN(C#N)C2)s1. The van der Waals surface area contributed by atoms with Crippen LogP contribution in [0, 0.1) is 31.2 Å². The lowest BCUT2D eigenvalue weighted by atomic mass is 10.1. The topological polar surface area (TPSA) is 95.1 Å². The number of likely N-dealkylation sites (tertiary alicyclic amines) is 1. The molecule has 1 aliphatic heterocycles. The summed E-state index contributed by atoms with van der Waals surface area (Å²) in [6.07, 6.45) is 4.48. The third-order valence-electron chi connectivity index (χ3n) is 3.72. The first kappa shape index (κ1) is 14.5. The number of nitrogens with zero attached hydrogens (tertiary/aromatic N) is 4. The third-order valence-corrected chi connectivity index (χ3v) is 4.65. The van der Waals surface area contributed by atoms with Gasteiger partial charge in [0.25, 0.3) is 0 Å². The Morgan fingerprint density at radius 3 is 3.05 bits per heavy atom. The molecule has 0 spiro atoms. The van der Waals surface area contributed by atoms with Gasteiger partial charge in [0, 0.05) is 19.3 Å². The Kier molecular flexibility index (Phi) is 3.81. The van der Waals surface area contributed by atoms with Gasteiger partial charge in [0.1, 0.15) is 5.76 Å². The highest BCUT2D eigenvalue weighted by Crippen LogP contribution is 2.33. The Morgan fingerprint density at radius 2 is 2.41 bits per heavy atom. The highest BCUT2D eigenvalue weighted by atomic mass is 32.1. The van der Waals surface area contributed by atoms with Crippen LogP contribution in [0.15, 0.2) is 10.7 Å². The molecule has 0 aliphatic carbocycles.